The molecule has 4 rings (SSSR count). The van der Waals surface area contributed by atoms with Gasteiger partial charge in [-0.15, -0.1) is 11.8 Å². The molecular formula is C29H24N2O6S. The summed E-state index contributed by atoms with van der Waals surface area (Å²) in [5.41, 5.74) is 1.25. The van der Waals surface area contributed by atoms with Gasteiger partial charge in [-0.1, -0.05) is 43.3 Å². The number of aromatic carboxylic acids is 2. The average molecular weight is 529 g/mol. The van der Waals surface area contributed by atoms with E-state index in [1.807, 2.05) is 13.0 Å². The fraction of sp³-hybridized carbons (Fsp3) is 0.103. The summed E-state index contributed by atoms with van der Waals surface area (Å²) in [4.78, 5) is 49.8. The van der Waals surface area contributed by atoms with E-state index in [1.165, 1.54) is 30.0 Å². The zero-order valence-electron chi connectivity index (χ0n) is 20.3. The first-order valence-electron chi connectivity index (χ1n) is 11.7. The third-order valence-electron chi connectivity index (χ3n) is 5.79. The van der Waals surface area contributed by atoms with Gasteiger partial charge in [-0.2, -0.15) is 0 Å². The second-order valence-corrected chi connectivity index (χ2v) is 9.66. The summed E-state index contributed by atoms with van der Waals surface area (Å²) >= 11 is 1.32. The number of fused-ring (bicyclic) bond motifs is 1. The lowest BCUT2D eigenvalue weighted by Crippen LogP contribution is -2.24. The van der Waals surface area contributed by atoms with Gasteiger partial charge in [0.1, 0.15) is 0 Å². The molecule has 192 valence electrons. The predicted octanol–water partition coefficient (Wildman–Crippen LogP) is 6.00. The second-order valence-electron chi connectivity index (χ2n) is 8.39. The van der Waals surface area contributed by atoms with Crippen molar-refractivity contribution in [2.45, 2.75) is 23.5 Å². The van der Waals surface area contributed by atoms with Gasteiger partial charge in [-0.25, -0.2) is 9.59 Å². The molecule has 0 heterocycles. The van der Waals surface area contributed by atoms with Crippen molar-refractivity contribution in [2.24, 2.45) is 0 Å². The summed E-state index contributed by atoms with van der Waals surface area (Å²) < 4.78 is 0. The van der Waals surface area contributed by atoms with E-state index in [-0.39, 0.29) is 22.6 Å². The number of rotatable bonds is 9. The number of benzene rings is 4. The predicted molar refractivity (Wildman–Crippen MR) is 147 cm³/mol. The molecular weight excluding hydrogens is 504 g/mol. The zero-order valence-corrected chi connectivity index (χ0v) is 21.1. The lowest BCUT2D eigenvalue weighted by atomic mass is 9.98. The highest BCUT2D eigenvalue weighted by Crippen LogP contribution is 2.30. The van der Waals surface area contributed by atoms with Crippen LogP contribution in [0.25, 0.3) is 10.8 Å². The molecule has 0 aliphatic rings. The highest BCUT2D eigenvalue weighted by atomic mass is 32.2. The fourth-order valence-electron chi connectivity index (χ4n) is 3.99. The van der Waals surface area contributed by atoms with Gasteiger partial charge in [0.2, 0.25) is 5.91 Å². The van der Waals surface area contributed by atoms with Crippen LogP contribution in [0, 0.1) is 0 Å². The Morgan fingerprint density at radius 2 is 1.39 bits per heavy atom. The van der Waals surface area contributed by atoms with Crippen molar-refractivity contribution in [2.75, 3.05) is 10.6 Å². The van der Waals surface area contributed by atoms with Gasteiger partial charge in [0.25, 0.3) is 5.91 Å². The molecule has 2 amide bonds. The Hall–Kier alpha value is -4.63. The lowest BCUT2D eigenvalue weighted by molar-refractivity contribution is -0.115. The number of hydrogen-bond donors (Lipinski definition) is 4. The second kappa shape index (κ2) is 11.6. The Kier molecular flexibility index (Phi) is 8.08. The van der Waals surface area contributed by atoms with Gasteiger partial charge in [0.05, 0.1) is 16.4 Å². The number of hydrogen-bond acceptors (Lipinski definition) is 5. The number of carbonyl (C=O) groups excluding carboxylic acids is 2. The van der Waals surface area contributed by atoms with Crippen LogP contribution in [0.1, 0.15) is 44.4 Å². The van der Waals surface area contributed by atoms with E-state index < -0.39 is 23.1 Å². The monoisotopic (exact) mass is 528 g/mol. The molecule has 0 saturated heterocycles. The van der Waals surface area contributed by atoms with Gasteiger partial charge < -0.3 is 20.8 Å². The lowest BCUT2D eigenvalue weighted by Gasteiger charge is -2.16. The number of carboxylic acids is 2. The molecule has 0 saturated carbocycles. The number of nitrogens with one attached hydrogen (secondary N) is 2. The number of carbonyl (C=O) groups is 4. The Morgan fingerprint density at radius 3 is 2.05 bits per heavy atom. The van der Waals surface area contributed by atoms with E-state index in [4.69, 9.17) is 0 Å². The van der Waals surface area contributed by atoms with Crippen molar-refractivity contribution in [1.29, 1.82) is 0 Å². The maximum absolute atomic E-state index is 13.2. The van der Waals surface area contributed by atoms with Crippen molar-refractivity contribution in [3.05, 3.63) is 102 Å². The number of thioether (sulfide) groups is 1. The molecule has 38 heavy (non-hydrogen) atoms. The van der Waals surface area contributed by atoms with E-state index in [9.17, 15) is 29.4 Å². The smallest absolute Gasteiger partial charge is 0.336 e. The van der Waals surface area contributed by atoms with E-state index >= 15 is 0 Å². The Morgan fingerprint density at radius 1 is 0.763 bits per heavy atom. The van der Waals surface area contributed by atoms with Crippen LogP contribution in [0.4, 0.5) is 11.4 Å². The molecule has 9 heteroatoms. The maximum Gasteiger partial charge on any atom is 0.336 e. The van der Waals surface area contributed by atoms with Crippen molar-refractivity contribution >= 4 is 57.7 Å². The third-order valence-corrected chi connectivity index (χ3v) is 7.15. The molecule has 0 bridgehead atoms. The number of anilines is 2. The van der Waals surface area contributed by atoms with Gasteiger partial charge in [0.15, 0.2) is 0 Å². The molecule has 0 aromatic heterocycles. The average Bonchev–Trinajstić information content (AvgIpc) is 2.91. The topological polar surface area (TPSA) is 133 Å². The van der Waals surface area contributed by atoms with E-state index in [0.717, 1.165) is 4.90 Å². The summed E-state index contributed by atoms with van der Waals surface area (Å²) in [6, 6.07) is 23.0. The molecule has 0 spiro atoms. The molecule has 8 nitrogen and oxygen atoms in total. The van der Waals surface area contributed by atoms with E-state index in [1.54, 1.807) is 60.7 Å². The van der Waals surface area contributed by atoms with Gasteiger partial charge in [-0.05, 0) is 60.3 Å². The molecule has 1 unspecified atom stereocenters. The van der Waals surface area contributed by atoms with E-state index in [2.05, 4.69) is 10.6 Å². The van der Waals surface area contributed by atoms with Crippen LogP contribution in [-0.2, 0) is 4.79 Å². The van der Waals surface area contributed by atoms with Crippen LogP contribution in [-0.4, -0.2) is 39.2 Å². The molecule has 4 aromatic rings. The largest absolute Gasteiger partial charge is 0.478 e. The van der Waals surface area contributed by atoms with Crippen LogP contribution in [0.3, 0.4) is 0 Å². The first-order chi connectivity index (χ1) is 18.3. The SMILES string of the molecule is CCC(Sc1cccc(NC(=O)c2cccc3cccc(C(=O)O)c23)c1)C(=O)Nc1cccc(C(=O)O)c1. The maximum atomic E-state index is 13.2. The van der Waals surface area contributed by atoms with Crippen molar-refractivity contribution in [3.63, 3.8) is 0 Å². The van der Waals surface area contributed by atoms with Crippen LogP contribution < -0.4 is 10.6 Å². The molecule has 0 aliphatic heterocycles. The third kappa shape index (κ3) is 6.01. The Balaban J connectivity index is 1.50. The minimum absolute atomic E-state index is 0.0447. The standard InChI is InChI=1S/C29H24N2O6S/c1-2-24(27(33)31-19-10-3-9-18(15-19)28(34)35)38-21-12-6-11-20(16-21)30-26(32)22-13-4-7-17-8-5-14-23(25(17)22)29(36)37/h3-16,24H,2H2,1H3,(H,30,32)(H,31,33)(H,34,35)(H,36,37). The molecule has 4 aromatic carbocycles. The molecule has 4 N–H and O–H groups in total. The highest BCUT2D eigenvalue weighted by molar-refractivity contribution is 8.00. The number of carboxylic acid groups (broad SMARTS) is 2. The van der Waals surface area contributed by atoms with Crippen LogP contribution >= 0.6 is 11.8 Å². The minimum Gasteiger partial charge on any atom is -0.478 e. The quantitative estimate of drug-likeness (QED) is 0.196. The molecule has 0 aliphatic carbocycles. The summed E-state index contributed by atoms with van der Waals surface area (Å²) in [7, 11) is 0. The molecule has 1 atom stereocenters. The van der Waals surface area contributed by atoms with Crippen LogP contribution in [0.2, 0.25) is 0 Å². The molecule has 0 radical (unpaired) electrons. The van der Waals surface area contributed by atoms with Gasteiger partial charge in [0, 0.05) is 27.2 Å². The summed E-state index contributed by atoms with van der Waals surface area (Å²) in [5, 5.41) is 24.9. The van der Waals surface area contributed by atoms with Gasteiger partial charge >= 0.3 is 11.9 Å². The number of amides is 2. The van der Waals surface area contributed by atoms with Crippen molar-refractivity contribution in [1.82, 2.24) is 0 Å². The van der Waals surface area contributed by atoms with Crippen LogP contribution in [0.15, 0.2) is 89.8 Å². The summed E-state index contributed by atoms with van der Waals surface area (Å²) in [6.45, 7) is 1.87. The summed E-state index contributed by atoms with van der Waals surface area (Å²) in [6.07, 6.45) is 0.514. The normalized spacial score (nSPS) is 11.5. The van der Waals surface area contributed by atoms with Crippen molar-refractivity contribution in [3.8, 4) is 0 Å². The Labute approximate surface area is 222 Å². The fourth-order valence-corrected chi connectivity index (χ4v) is 5.01. The summed E-state index contributed by atoms with van der Waals surface area (Å²) in [5.74, 6) is -2.92. The van der Waals surface area contributed by atoms with Crippen molar-refractivity contribution < 1.29 is 29.4 Å². The molecule has 0 fully saturated rings. The first-order valence-corrected chi connectivity index (χ1v) is 12.6. The minimum atomic E-state index is -1.12. The Bertz CT molecular complexity index is 1550. The zero-order chi connectivity index (χ0) is 27.2. The van der Waals surface area contributed by atoms with E-state index in [0.29, 0.717) is 28.6 Å². The highest BCUT2D eigenvalue weighted by Gasteiger charge is 2.20. The van der Waals surface area contributed by atoms with Gasteiger partial charge in [-0.3, -0.25) is 9.59 Å². The van der Waals surface area contributed by atoms with Crippen LogP contribution in [0.5, 0.6) is 0 Å². The first kappa shape index (κ1) is 26.4.